The lowest BCUT2D eigenvalue weighted by Crippen LogP contribution is -2.11. The first-order chi connectivity index (χ1) is 8.69. The monoisotopic (exact) mass is 248 g/mol. The average molecular weight is 248 g/mol. The Bertz CT molecular complexity index is 465. The van der Waals surface area contributed by atoms with Gasteiger partial charge >= 0.3 is 11.9 Å². The summed E-state index contributed by atoms with van der Waals surface area (Å²) in [5.41, 5.74) is 2.60. The van der Waals surface area contributed by atoms with E-state index in [9.17, 15) is 9.59 Å². The molecule has 0 N–H and O–H groups in total. The first-order valence-corrected chi connectivity index (χ1v) is 6.08. The number of benzene rings is 1. The summed E-state index contributed by atoms with van der Waals surface area (Å²) < 4.78 is 9.65. The highest BCUT2D eigenvalue weighted by atomic mass is 16.5. The number of hydrogen-bond donors (Lipinski definition) is 0. The number of rotatable bonds is 4. The van der Waals surface area contributed by atoms with Crippen LogP contribution in [0.3, 0.4) is 0 Å². The maximum Gasteiger partial charge on any atom is 0.311 e. The van der Waals surface area contributed by atoms with Crippen LogP contribution in [0.25, 0.3) is 0 Å². The molecule has 0 amide bonds. The Balaban J connectivity index is 1.89. The van der Waals surface area contributed by atoms with Crippen molar-refractivity contribution in [1.29, 1.82) is 0 Å². The second kappa shape index (κ2) is 5.67. The molecule has 96 valence electrons. The number of methoxy groups -OCH3 is 1. The van der Waals surface area contributed by atoms with Gasteiger partial charge in [0, 0.05) is 0 Å². The fourth-order valence-electron chi connectivity index (χ4n) is 2.10. The maximum absolute atomic E-state index is 11.5. The molecular weight excluding hydrogens is 232 g/mol. The number of esters is 2. The first kappa shape index (κ1) is 12.6. The minimum atomic E-state index is -0.404. The van der Waals surface area contributed by atoms with Crippen LogP contribution in [0.2, 0.25) is 0 Å². The lowest BCUT2D eigenvalue weighted by atomic mass is 10.1. The zero-order chi connectivity index (χ0) is 13.0. The molecule has 0 saturated heterocycles. The lowest BCUT2D eigenvalue weighted by Gasteiger charge is -2.06. The van der Waals surface area contributed by atoms with Crippen LogP contribution >= 0.6 is 0 Å². The van der Waals surface area contributed by atoms with Crippen LogP contribution in [0.15, 0.2) is 18.2 Å². The normalized spacial score (nSPS) is 12.9. The second-order valence-corrected chi connectivity index (χ2v) is 4.33. The highest BCUT2D eigenvalue weighted by Crippen LogP contribution is 2.26. The number of fused-ring (bicyclic) bond motifs is 1. The number of aryl methyl sites for hydroxylation is 2. The zero-order valence-corrected chi connectivity index (χ0v) is 10.4. The van der Waals surface area contributed by atoms with Gasteiger partial charge in [-0.2, -0.15) is 0 Å². The predicted molar refractivity (Wildman–Crippen MR) is 65.4 cm³/mol. The summed E-state index contributed by atoms with van der Waals surface area (Å²) in [5, 5.41) is 0. The molecule has 4 heteroatoms. The van der Waals surface area contributed by atoms with E-state index in [4.69, 9.17) is 4.74 Å². The molecule has 0 saturated carbocycles. The fraction of sp³-hybridized carbons (Fsp3) is 0.429. The van der Waals surface area contributed by atoms with Crippen molar-refractivity contribution in [2.24, 2.45) is 0 Å². The van der Waals surface area contributed by atoms with E-state index in [0.29, 0.717) is 5.75 Å². The third-order valence-corrected chi connectivity index (χ3v) is 3.06. The molecule has 0 bridgehead atoms. The van der Waals surface area contributed by atoms with E-state index in [1.54, 1.807) is 6.07 Å². The van der Waals surface area contributed by atoms with Gasteiger partial charge in [-0.3, -0.25) is 9.59 Å². The summed E-state index contributed by atoms with van der Waals surface area (Å²) in [5.74, 6) is -0.246. The molecule has 0 heterocycles. The third-order valence-electron chi connectivity index (χ3n) is 3.06. The molecule has 1 aromatic carbocycles. The van der Waals surface area contributed by atoms with E-state index in [0.717, 1.165) is 19.3 Å². The van der Waals surface area contributed by atoms with Crippen LogP contribution in [0.1, 0.15) is 30.4 Å². The molecule has 1 aromatic rings. The van der Waals surface area contributed by atoms with Gasteiger partial charge in [0.1, 0.15) is 5.75 Å². The van der Waals surface area contributed by atoms with E-state index in [1.165, 1.54) is 18.2 Å². The Morgan fingerprint density at radius 1 is 1.11 bits per heavy atom. The van der Waals surface area contributed by atoms with E-state index in [-0.39, 0.29) is 12.8 Å². The minimum Gasteiger partial charge on any atom is -0.469 e. The summed E-state index contributed by atoms with van der Waals surface area (Å²) >= 11 is 0. The van der Waals surface area contributed by atoms with Crippen LogP contribution < -0.4 is 4.74 Å². The molecule has 0 unspecified atom stereocenters. The summed E-state index contributed by atoms with van der Waals surface area (Å²) in [6, 6.07) is 5.73. The van der Waals surface area contributed by atoms with Gasteiger partial charge in [-0.15, -0.1) is 0 Å². The van der Waals surface area contributed by atoms with Gasteiger partial charge in [-0.05, 0) is 42.5 Å². The van der Waals surface area contributed by atoms with E-state index < -0.39 is 11.9 Å². The largest absolute Gasteiger partial charge is 0.469 e. The SMILES string of the molecule is COC(=O)CCC(=O)Oc1ccc2c(c1)CCC2. The average Bonchev–Trinajstić information content (AvgIpc) is 2.83. The van der Waals surface area contributed by atoms with Gasteiger partial charge in [0.15, 0.2) is 0 Å². The molecule has 4 nitrogen and oxygen atoms in total. The van der Waals surface area contributed by atoms with Crippen LogP contribution in [-0.2, 0) is 27.2 Å². The number of carbonyl (C=O) groups is 2. The van der Waals surface area contributed by atoms with E-state index >= 15 is 0 Å². The van der Waals surface area contributed by atoms with Crippen molar-refractivity contribution in [2.45, 2.75) is 32.1 Å². The molecule has 0 spiro atoms. The lowest BCUT2D eigenvalue weighted by molar-refractivity contribution is -0.144. The summed E-state index contributed by atoms with van der Waals surface area (Å²) in [7, 11) is 1.30. The zero-order valence-electron chi connectivity index (χ0n) is 10.4. The Hall–Kier alpha value is -1.84. The van der Waals surface area contributed by atoms with Crippen molar-refractivity contribution in [1.82, 2.24) is 0 Å². The molecule has 0 atom stereocenters. The summed E-state index contributed by atoms with van der Waals surface area (Å²) in [6.07, 6.45) is 3.41. The van der Waals surface area contributed by atoms with Crippen LogP contribution in [0, 0.1) is 0 Å². The summed E-state index contributed by atoms with van der Waals surface area (Å²) in [4.78, 5) is 22.4. The van der Waals surface area contributed by atoms with Gasteiger partial charge in [-0.25, -0.2) is 0 Å². The maximum atomic E-state index is 11.5. The van der Waals surface area contributed by atoms with E-state index in [2.05, 4.69) is 4.74 Å². The molecule has 18 heavy (non-hydrogen) atoms. The van der Waals surface area contributed by atoms with Crippen molar-refractivity contribution in [2.75, 3.05) is 7.11 Å². The second-order valence-electron chi connectivity index (χ2n) is 4.33. The van der Waals surface area contributed by atoms with Gasteiger partial charge < -0.3 is 9.47 Å². The van der Waals surface area contributed by atoms with Crippen LogP contribution in [0.4, 0.5) is 0 Å². The van der Waals surface area contributed by atoms with Gasteiger partial charge in [0.2, 0.25) is 0 Å². The Labute approximate surface area is 106 Å². The molecule has 0 fully saturated rings. The molecule has 0 aromatic heterocycles. The standard InChI is InChI=1S/C14H16O4/c1-17-13(15)7-8-14(16)18-12-6-5-10-3-2-4-11(10)9-12/h5-6,9H,2-4,7-8H2,1H3. The highest BCUT2D eigenvalue weighted by Gasteiger charge is 2.13. The fourth-order valence-corrected chi connectivity index (χ4v) is 2.10. The Morgan fingerprint density at radius 2 is 1.83 bits per heavy atom. The van der Waals surface area contributed by atoms with Gasteiger partial charge in [0.05, 0.1) is 20.0 Å². The first-order valence-electron chi connectivity index (χ1n) is 6.08. The number of carbonyl (C=O) groups excluding carboxylic acids is 2. The highest BCUT2D eigenvalue weighted by molar-refractivity contribution is 5.78. The van der Waals surface area contributed by atoms with Crippen molar-refractivity contribution < 1.29 is 19.1 Å². The number of hydrogen-bond acceptors (Lipinski definition) is 4. The smallest absolute Gasteiger partial charge is 0.311 e. The van der Waals surface area contributed by atoms with Gasteiger partial charge in [0.25, 0.3) is 0 Å². The molecular formula is C14H16O4. The molecule has 0 radical (unpaired) electrons. The van der Waals surface area contributed by atoms with Crippen molar-refractivity contribution >= 4 is 11.9 Å². The van der Waals surface area contributed by atoms with Crippen LogP contribution in [0.5, 0.6) is 5.75 Å². The molecule has 1 aliphatic carbocycles. The van der Waals surface area contributed by atoms with Crippen molar-refractivity contribution in [3.8, 4) is 5.75 Å². The molecule has 1 aliphatic rings. The van der Waals surface area contributed by atoms with Crippen molar-refractivity contribution in [3.05, 3.63) is 29.3 Å². The van der Waals surface area contributed by atoms with E-state index in [1.807, 2.05) is 12.1 Å². The van der Waals surface area contributed by atoms with Crippen LogP contribution in [-0.4, -0.2) is 19.0 Å². The van der Waals surface area contributed by atoms with Gasteiger partial charge in [-0.1, -0.05) is 6.07 Å². The Kier molecular flexibility index (Phi) is 3.97. The third kappa shape index (κ3) is 3.09. The quantitative estimate of drug-likeness (QED) is 0.604. The topological polar surface area (TPSA) is 52.6 Å². The predicted octanol–water partition coefficient (Wildman–Crippen LogP) is 2.03. The molecule has 2 rings (SSSR count). The number of ether oxygens (including phenoxy) is 2. The minimum absolute atomic E-state index is 0.0454. The molecule has 0 aliphatic heterocycles. The summed E-state index contributed by atoms with van der Waals surface area (Å²) in [6.45, 7) is 0. The Morgan fingerprint density at radius 3 is 2.61 bits per heavy atom. The van der Waals surface area contributed by atoms with Crippen molar-refractivity contribution in [3.63, 3.8) is 0 Å².